The van der Waals surface area contributed by atoms with Crippen LogP contribution in [0.25, 0.3) is 0 Å². The minimum atomic E-state index is -4.38. The van der Waals surface area contributed by atoms with Crippen molar-refractivity contribution in [2.75, 3.05) is 26.2 Å². The minimum Gasteiger partial charge on any atom is -0.356 e. The molecular weight excluding hydrogens is 357 g/mol. The zero-order chi connectivity index (χ0) is 27.5. The van der Waals surface area contributed by atoms with Crippen LogP contribution in [0.2, 0.25) is 0 Å². The Morgan fingerprint density at radius 1 is 1.27 bits per heavy atom. The van der Waals surface area contributed by atoms with Gasteiger partial charge in [-0.3, -0.25) is 14.5 Å². The first-order valence-corrected chi connectivity index (χ1v) is 9.04. The maximum absolute atomic E-state index is 15.2. The summed E-state index contributed by atoms with van der Waals surface area (Å²) in [5, 5.41) is 1.46. The molecule has 150 valence electrons. The van der Waals surface area contributed by atoms with Crippen molar-refractivity contribution in [2.45, 2.75) is 69.8 Å². The predicted octanol–water partition coefficient (Wildman–Crippen LogP) is 2.47. The molecule has 0 aromatic heterocycles. The van der Waals surface area contributed by atoms with E-state index in [0.29, 0.717) is 25.9 Å². The van der Waals surface area contributed by atoms with Gasteiger partial charge >= 0.3 is 0 Å². The van der Waals surface area contributed by atoms with Gasteiger partial charge in [-0.1, -0.05) is 0 Å². The Morgan fingerprint density at radius 3 is 2.54 bits per heavy atom. The van der Waals surface area contributed by atoms with Crippen LogP contribution in [-0.4, -0.2) is 59.9 Å². The van der Waals surface area contributed by atoms with Crippen molar-refractivity contribution in [1.29, 1.82) is 0 Å². The largest absolute Gasteiger partial charge is 0.356 e. The van der Waals surface area contributed by atoms with Crippen molar-refractivity contribution in [2.24, 2.45) is 11.8 Å². The minimum absolute atomic E-state index is 0.120. The van der Waals surface area contributed by atoms with Crippen LogP contribution < -0.4 is 10.6 Å². The molecule has 1 saturated carbocycles. The van der Waals surface area contributed by atoms with E-state index in [4.69, 9.17) is 23.9 Å². The molecule has 7 heteroatoms. The molecule has 5 nitrogen and oxygen atoms in total. The van der Waals surface area contributed by atoms with Crippen molar-refractivity contribution in [3.05, 3.63) is 0 Å². The highest BCUT2D eigenvalue weighted by molar-refractivity contribution is 6.20. The molecule has 0 aromatic carbocycles. The number of hydrogen-bond donors (Lipinski definition) is 2. The van der Waals surface area contributed by atoms with E-state index < -0.39 is 42.4 Å². The molecule has 0 spiro atoms. The zero-order valence-corrected chi connectivity index (χ0v) is 16.1. The number of alkyl halides is 2. The quantitative estimate of drug-likeness (QED) is 0.699. The predicted molar refractivity (Wildman–Crippen MR) is 102 cm³/mol. The molecule has 3 unspecified atom stereocenters. The van der Waals surface area contributed by atoms with Crippen LogP contribution in [0.1, 0.15) is 65.1 Å². The van der Waals surface area contributed by atoms with E-state index in [1.807, 2.05) is 25.7 Å². The summed E-state index contributed by atoms with van der Waals surface area (Å²) in [5.41, 5.74) is -0.365. The van der Waals surface area contributed by atoms with Gasteiger partial charge in [0.25, 0.3) is 0 Å². The van der Waals surface area contributed by atoms with E-state index in [1.54, 1.807) is 0 Å². The summed E-state index contributed by atoms with van der Waals surface area (Å²) in [6.45, 7) is 6.71. The number of likely N-dealkylation sites (tertiary alicyclic amines) is 1. The van der Waals surface area contributed by atoms with E-state index in [0.717, 1.165) is 0 Å². The Balaban J connectivity index is 2.11. The number of piperidine rings is 1. The van der Waals surface area contributed by atoms with Gasteiger partial charge in [-0.15, -0.1) is 11.6 Å². The molecule has 1 aliphatic heterocycles. The Morgan fingerprint density at radius 2 is 1.92 bits per heavy atom. The maximum Gasteiger partial charge on any atom is 0.234 e. The first-order chi connectivity index (χ1) is 15.5. The molecule has 26 heavy (non-hydrogen) atoms. The van der Waals surface area contributed by atoms with Gasteiger partial charge in [0.2, 0.25) is 11.8 Å². The highest BCUT2D eigenvalue weighted by atomic mass is 35.5. The Kier molecular flexibility index (Phi) is 4.26. The Bertz CT molecular complexity index is 814. The molecule has 0 bridgehead atoms. The maximum atomic E-state index is 15.2. The summed E-state index contributed by atoms with van der Waals surface area (Å²) >= 11 is 5.69. The van der Waals surface area contributed by atoms with Gasteiger partial charge < -0.3 is 10.6 Å². The number of halogens is 2. The lowest BCUT2D eigenvalue weighted by molar-refractivity contribution is -0.126. The summed E-state index contributed by atoms with van der Waals surface area (Å²) in [6, 6.07) is 0. The number of rotatable bonds is 5. The molecule has 2 N–H and O–H groups in total. The Labute approximate surface area is 174 Å². The van der Waals surface area contributed by atoms with Crippen LogP contribution in [0.5, 0.6) is 0 Å². The third kappa shape index (κ3) is 7.39. The number of carbonyl (C=O) groups is 2. The molecule has 2 rings (SSSR count). The second kappa shape index (κ2) is 9.36. The van der Waals surface area contributed by atoms with Gasteiger partial charge in [-0.25, -0.2) is 4.39 Å². The van der Waals surface area contributed by atoms with E-state index >= 15 is 4.39 Å². The topological polar surface area (TPSA) is 61.4 Å². The molecule has 0 radical (unpaired) electrons. The van der Waals surface area contributed by atoms with Gasteiger partial charge in [-0.05, 0) is 71.7 Å². The second-order valence-corrected chi connectivity index (χ2v) is 7.98. The van der Waals surface area contributed by atoms with Crippen molar-refractivity contribution < 1.29 is 26.3 Å². The van der Waals surface area contributed by atoms with Crippen molar-refractivity contribution in [3.63, 3.8) is 0 Å². The molecule has 3 atom stereocenters. The standard InChI is InChI=1S/C19H33ClFN3O2/c1-19(2,3)23-17(25)12-24-6-4-13(5-7-24)11-22-18(26)14-8-15(20)10-16(21)9-14/h13-16H,4-12H2,1-3H3,(H,22,26)(H,23,25)/i8D2,9D2,10D2,14D,15D,16D. The summed E-state index contributed by atoms with van der Waals surface area (Å²) in [7, 11) is 0. The van der Waals surface area contributed by atoms with Gasteiger partial charge in [0, 0.05) is 34.3 Å². The second-order valence-electron chi connectivity index (χ2n) is 7.61. The number of nitrogens with zero attached hydrogens (tertiary/aromatic N) is 1. The first-order valence-electron chi connectivity index (χ1n) is 13.2. The molecule has 2 fully saturated rings. The summed E-state index contributed by atoms with van der Waals surface area (Å²) in [6.07, 6.45) is -14.9. The molecule has 2 amide bonds. The smallest absolute Gasteiger partial charge is 0.234 e. The van der Waals surface area contributed by atoms with E-state index in [9.17, 15) is 9.59 Å². The third-order valence-corrected chi connectivity index (χ3v) is 4.25. The fourth-order valence-electron chi connectivity index (χ4n) is 2.86. The first kappa shape index (κ1) is 11.8. The third-order valence-electron chi connectivity index (χ3n) is 4.06. The lowest BCUT2D eigenvalue weighted by Crippen LogP contribution is -2.48. The lowest BCUT2D eigenvalue weighted by Gasteiger charge is -2.33. The monoisotopic (exact) mass is 398 g/mol. The van der Waals surface area contributed by atoms with Crippen molar-refractivity contribution in [3.8, 4) is 0 Å². The summed E-state index contributed by atoms with van der Waals surface area (Å²) in [5.74, 6) is -5.66. The van der Waals surface area contributed by atoms with Crippen molar-refractivity contribution in [1.82, 2.24) is 15.5 Å². The number of amides is 2. The van der Waals surface area contributed by atoms with Crippen LogP contribution in [0.3, 0.4) is 0 Å². The Hall–Kier alpha value is -0.880. The summed E-state index contributed by atoms with van der Waals surface area (Å²) in [4.78, 5) is 27.0. The van der Waals surface area contributed by atoms with Gasteiger partial charge in [0.05, 0.1) is 7.92 Å². The van der Waals surface area contributed by atoms with Crippen molar-refractivity contribution >= 4 is 23.4 Å². The van der Waals surface area contributed by atoms with Crippen LogP contribution in [-0.2, 0) is 9.59 Å². The zero-order valence-electron chi connectivity index (χ0n) is 24.3. The van der Waals surface area contributed by atoms with Crippen LogP contribution >= 0.6 is 11.6 Å². The lowest BCUT2D eigenvalue weighted by atomic mass is 9.86. The highest BCUT2D eigenvalue weighted by Gasteiger charge is 2.32. The molecule has 1 saturated heterocycles. The van der Waals surface area contributed by atoms with Crippen LogP contribution in [0.4, 0.5) is 4.39 Å². The fraction of sp³-hybridized carbons (Fsp3) is 0.895. The van der Waals surface area contributed by atoms with Gasteiger partial charge in [0.1, 0.15) is 6.15 Å². The van der Waals surface area contributed by atoms with Crippen LogP contribution in [0.15, 0.2) is 0 Å². The van der Waals surface area contributed by atoms with E-state index in [-0.39, 0.29) is 30.5 Å². The SMILES string of the molecule is [2H]C1([2H])C([2H])(F)C([2H])([2H])C([2H])(C(=O)NCC2CCN(CC(=O)NC(C)(C)C)CC2)C([2H])([2H])C1([2H])Cl. The molecular formula is C19H33ClFN3O2. The summed E-state index contributed by atoms with van der Waals surface area (Å²) < 4.78 is 86.6. The molecule has 1 aliphatic carbocycles. The average Bonchev–Trinajstić information content (AvgIpc) is 2.69. The van der Waals surface area contributed by atoms with Crippen LogP contribution in [0, 0.1) is 11.8 Å². The number of hydrogen-bond acceptors (Lipinski definition) is 3. The molecule has 1 heterocycles. The number of nitrogens with one attached hydrogen (secondary N) is 2. The highest BCUT2D eigenvalue weighted by Crippen LogP contribution is 2.30. The number of carbonyl (C=O) groups excluding carboxylic acids is 2. The average molecular weight is 399 g/mol. The van der Waals surface area contributed by atoms with Gasteiger partial charge in [0.15, 0.2) is 0 Å². The molecule has 0 aromatic rings. The molecule has 2 aliphatic rings. The normalized spacial score (nSPS) is 48.0. The fourth-order valence-corrected chi connectivity index (χ4v) is 3.04. The van der Waals surface area contributed by atoms with E-state index in [1.165, 1.54) is 0 Å². The van der Waals surface area contributed by atoms with Gasteiger partial charge in [-0.2, -0.15) is 0 Å². The van der Waals surface area contributed by atoms with E-state index in [2.05, 4.69) is 10.6 Å².